The summed E-state index contributed by atoms with van der Waals surface area (Å²) in [6, 6.07) is 18.5. The predicted octanol–water partition coefficient (Wildman–Crippen LogP) is 3.98. The van der Waals surface area contributed by atoms with Gasteiger partial charge in [-0.05, 0) is 55.0 Å². The zero-order chi connectivity index (χ0) is 21.7. The molecule has 0 aromatic heterocycles. The van der Waals surface area contributed by atoms with E-state index < -0.39 is 28.3 Å². The van der Waals surface area contributed by atoms with Crippen molar-refractivity contribution in [1.29, 1.82) is 0 Å². The zero-order valence-corrected chi connectivity index (χ0v) is 17.3. The number of hydrogen-bond acceptors (Lipinski definition) is 4. The lowest BCUT2D eigenvalue weighted by Crippen LogP contribution is -2.38. The van der Waals surface area contributed by atoms with Gasteiger partial charge in [-0.3, -0.25) is 9.10 Å². The number of sulfonamides is 1. The smallest absolute Gasteiger partial charge is 0.268 e. The molecule has 0 aliphatic rings. The Morgan fingerprint density at radius 1 is 1.03 bits per heavy atom. The molecular formula is C22H21FN2O4S. The summed E-state index contributed by atoms with van der Waals surface area (Å²) in [4.78, 5) is 12.6. The van der Waals surface area contributed by atoms with Gasteiger partial charge in [0.25, 0.3) is 10.0 Å². The number of nitrogens with one attached hydrogen (secondary N) is 1. The quantitative estimate of drug-likeness (QED) is 0.618. The average Bonchev–Trinajstić information content (AvgIpc) is 2.72. The minimum absolute atomic E-state index is 0.0487. The fraction of sp³-hybridized carbons (Fsp3) is 0.136. The Bertz CT molecular complexity index is 1150. The van der Waals surface area contributed by atoms with Crippen LogP contribution in [0.1, 0.15) is 5.56 Å². The molecule has 0 heterocycles. The van der Waals surface area contributed by atoms with E-state index in [9.17, 15) is 17.6 Å². The third-order valence-electron chi connectivity index (χ3n) is 4.33. The Morgan fingerprint density at radius 2 is 1.77 bits per heavy atom. The second-order valence-corrected chi connectivity index (χ2v) is 8.39. The molecule has 0 spiro atoms. The average molecular weight is 428 g/mol. The molecule has 3 rings (SSSR count). The van der Waals surface area contributed by atoms with Crippen LogP contribution in [0.3, 0.4) is 0 Å². The van der Waals surface area contributed by atoms with E-state index in [4.69, 9.17) is 4.74 Å². The maximum Gasteiger partial charge on any atom is 0.268 e. The SMILES string of the molecule is COc1ccc(C)cc1S(=O)(=O)N(CC(=O)Nc1cccc(F)c1)c1ccccc1. The lowest BCUT2D eigenvalue weighted by Gasteiger charge is -2.25. The van der Waals surface area contributed by atoms with E-state index in [0.717, 1.165) is 15.9 Å². The first-order valence-corrected chi connectivity index (χ1v) is 10.5. The molecule has 0 fully saturated rings. The molecule has 1 amide bonds. The number of halogens is 1. The lowest BCUT2D eigenvalue weighted by atomic mass is 10.2. The van der Waals surface area contributed by atoms with Crippen molar-refractivity contribution in [3.63, 3.8) is 0 Å². The highest BCUT2D eigenvalue weighted by Gasteiger charge is 2.30. The fourth-order valence-electron chi connectivity index (χ4n) is 2.91. The first-order chi connectivity index (χ1) is 14.3. The molecular weight excluding hydrogens is 407 g/mol. The number of nitrogens with zero attached hydrogens (tertiary/aromatic N) is 1. The maximum atomic E-state index is 13.5. The fourth-order valence-corrected chi connectivity index (χ4v) is 4.58. The van der Waals surface area contributed by atoms with Gasteiger partial charge in [-0.2, -0.15) is 0 Å². The number of anilines is 2. The number of hydrogen-bond donors (Lipinski definition) is 1. The summed E-state index contributed by atoms with van der Waals surface area (Å²) in [5.41, 5.74) is 1.28. The zero-order valence-electron chi connectivity index (χ0n) is 16.5. The molecule has 30 heavy (non-hydrogen) atoms. The first kappa shape index (κ1) is 21.3. The third-order valence-corrected chi connectivity index (χ3v) is 6.12. The molecule has 0 unspecified atom stereocenters. The topological polar surface area (TPSA) is 75.7 Å². The van der Waals surface area contributed by atoms with Crippen molar-refractivity contribution in [2.75, 3.05) is 23.3 Å². The largest absolute Gasteiger partial charge is 0.495 e. The van der Waals surface area contributed by atoms with Crippen molar-refractivity contribution in [3.8, 4) is 5.75 Å². The summed E-state index contributed by atoms with van der Waals surface area (Å²) in [5, 5.41) is 2.53. The molecule has 0 aliphatic heterocycles. The minimum Gasteiger partial charge on any atom is -0.495 e. The normalized spacial score (nSPS) is 11.0. The van der Waals surface area contributed by atoms with E-state index in [2.05, 4.69) is 5.32 Å². The standard InChI is InChI=1S/C22H21FN2O4S/c1-16-11-12-20(29-2)21(13-16)30(27,28)25(19-9-4-3-5-10-19)15-22(26)24-18-8-6-7-17(23)14-18/h3-14H,15H2,1-2H3,(H,24,26). The minimum atomic E-state index is -4.14. The van der Waals surface area contributed by atoms with Crippen LogP contribution >= 0.6 is 0 Å². The maximum absolute atomic E-state index is 13.5. The molecule has 0 saturated carbocycles. The molecule has 3 aromatic carbocycles. The van der Waals surface area contributed by atoms with Crippen LogP contribution < -0.4 is 14.4 Å². The lowest BCUT2D eigenvalue weighted by molar-refractivity contribution is -0.114. The highest BCUT2D eigenvalue weighted by atomic mass is 32.2. The van der Waals surface area contributed by atoms with E-state index in [-0.39, 0.29) is 16.3 Å². The number of ether oxygens (including phenoxy) is 1. The van der Waals surface area contributed by atoms with Crippen molar-refractivity contribution in [3.05, 3.63) is 84.2 Å². The van der Waals surface area contributed by atoms with Gasteiger partial charge in [0.2, 0.25) is 5.91 Å². The van der Waals surface area contributed by atoms with Gasteiger partial charge in [-0.15, -0.1) is 0 Å². The van der Waals surface area contributed by atoms with E-state index in [1.54, 1.807) is 49.4 Å². The summed E-state index contributed by atoms with van der Waals surface area (Å²) < 4.78 is 46.7. The molecule has 0 bridgehead atoms. The second-order valence-electron chi connectivity index (χ2n) is 6.56. The van der Waals surface area contributed by atoms with Crippen LogP contribution in [-0.4, -0.2) is 28.0 Å². The third kappa shape index (κ3) is 4.77. The molecule has 6 nitrogen and oxygen atoms in total. The number of carbonyl (C=O) groups excluding carboxylic acids is 1. The van der Waals surface area contributed by atoms with Gasteiger partial charge >= 0.3 is 0 Å². The molecule has 1 N–H and O–H groups in total. The summed E-state index contributed by atoms with van der Waals surface area (Å²) in [6.07, 6.45) is 0. The van der Waals surface area contributed by atoms with Crippen molar-refractivity contribution in [2.24, 2.45) is 0 Å². The molecule has 0 saturated heterocycles. The van der Waals surface area contributed by atoms with Gasteiger partial charge in [-0.1, -0.05) is 30.3 Å². The number of methoxy groups -OCH3 is 1. The number of amides is 1. The molecule has 156 valence electrons. The Hall–Kier alpha value is -3.39. The summed E-state index contributed by atoms with van der Waals surface area (Å²) in [6.45, 7) is 1.27. The Labute approximate surface area is 175 Å². The van der Waals surface area contributed by atoms with E-state index in [0.29, 0.717) is 5.69 Å². The van der Waals surface area contributed by atoms with Gasteiger partial charge in [-0.25, -0.2) is 12.8 Å². The summed E-state index contributed by atoms with van der Waals surface area (Å²) >= 11 is 0. The molecule has 3 aromatic rings. The predicted molar refractivity (Wildman–Crippen MR) is 114 cm³/mol. The van der Waals surface area contributed by atoms with Crippen molar-refractivity contribution in [2.45, 2.75) is 11.8 Å². The number of rotatable bonds is 7. The summed E-state index contributed by atoms with van der Waals surface area (Å²) in [5.74, 6) is -0.948. The number of para-hydroxylation sites is 1. The van der Waals surface area contributed by atoms with Gasteiger partial charge < -0.3 is 10.1 Å². The van der Waals surface area contributed by atoms with E-state index in [1.807, 2.05) is 0 Å². The highest BCUT2D eigenvalue weighted by molar-refractivity contribution is 7.93. The van der Waals surface area contributed by atoms with Gasteiger partial charge in [0.15, 0.2) is 0 Å². The number of carbonyl (C=O) groups is 1. The van der Waals surface area contributed by atoms with Crippen LogP contribution in [0.5, 0.6) is 5.75 Å². The van der Waals surface area contributed by atoms with E-state index in [1.165, 1.54) is 31.4 Å². The van der Waals surface area contributed by atoms with Gasteiger partial charge in [0.1, 0.15) is 23.0 Å². The van der Waals surface area contributed by atoms with Crippen molar-refractivity contribution in [1.82, 2.24) is 0 Å². The Kier molecular flexibility index (Phi) is 6.37. The molecule has 0 radical (unpaired) electrons. The van der Waals surface area contributed by atoms with Crippen LogP contribution in [0.4, 0.5) is 15.8 Å². The van der Waals surface area contributed by atoms with E-state index >= 15 is 0 Å². The molecule has 0 atom stereocenters. The van der Waals surface area contributed by atoms with Crippen molar-refractivity contribution < 1.29 is 22.3 Å². The molecule has 8 heteroatoms. The van der Waals surface area contributed by atoms with Crippen LogP contribution in [-0.2, 0) is 14.8 Å². The van der Waals surface area contributed by atoms with Crippen LogP contribution in [0.15, 0.2) is 77.7 Å². The van der Waals surface area contributed by atoms with Crippen molar-refractivity contribution >= 4 is 27.3 Å². The molecule has 0 aliphatic carbocycles. The van der Waals surface area contributed by atoms with Crippen LogP contribution in [0, 0.1) is 12.7 Å². The van der Waals surface area contributed by atoms with Gasteiger partial charge in [0.05, 0.1) is 12.8 Å². The highest BCUT2D eigenvalue weighted by Crippen LogP contribution is 2.30. The Morgan fingerprint density at radius 3 is 2.43 bits per heavy atom. The van der Waals surface area contributed by atoms with Crippen LogP contribution in [0.25, 0.3) is 0 Å². The number of benzene rings is 3. The van der Waals surface area contributed by atoms with Crippen LogP contribution in [0.2, 0.25) is 0 Å². The number of aryl methyl sites for hydroxylation is 1. The monoisotopic (exact) mass is 428 g/mol. The first-order valence-electron chi connectivity index (χ1n) is 9.09. The van der Waals surface area contributed by atoms with Gasteiger partial charge in [0, 0.05) is 5.69 Å². The second kappa shape index (κ2) is 8.96. The Balaban J connectivity index is 1.99. The summed E-state index contributed by atoms with van der Waals surface area (Å²) in [7, 11) is -2.76.